The first-order valence-corrected chi connectivity index (χ1v) is 6.64. The van der Waals surface area contributed by atoms with Crippen molar-refractivity contribution in [3.05, 3.63) is 29.3 Å². The molecule has 1 aromatic rings. The molecule has 1 heterocycles. The summed E-state index contributed by atoms with van der Waals surface area (Å²) in [7, 11) is 2.25. The van der Waals surface area contributed by atoms with Gasteiger partial charge in [-0.05, 0) is 62.5 Å². The molecule has 0 spiro atoms. The second kappa shape index (κ2) is 5.70. The van der Waals surface area contributed by atoms with Crippen molar-refractivity contribution in [1.29, 1.82) is 0 Å². The third-order valence-electron chi connectivity index (χ3n) is 4.87. The lowest BCUT2D eigenvalue weighted by molar-refractivity contribution is 0.0852. The molecule has 0 saturated carbocycles. The Hall–Kier alpha value is -0.770. The highest BCUT2D eigenvalue weighted by Gasteiger charge is 2.44. The molecule has 1 aliphatic heterocycles. The van der Waals surface area contributed by atoms with Crippen LogP contribution < -0.4 is 0 Å². The number of likely N-dealkylation sites (N-methyl/N-ethyl adjacent to an activating group) is 1. The monoisotopic (exact) mass is 285 g/mol. The van der Waals surface area contributed by atoms with Crippen LogP contribution in [0.2, 0.25) is 0 Å². The standard InChI is InChI=1S/C15H21NO.ClH.H2O/c1-15-8-3-9-16(2)14(15)7-5-11-4-6-12(17)10-13(11)15;;/h4,6,10,14,17H,3,5,7-9H2,1-2H3;1H;1H2/t14-,15-;;/m1../s1. The summed E-state index contributed by atoms with van der Waals surface area (Å²) in [6, 6.07) is 6.58. The second-order valence-electron chi connectivity index (χ2n) is 5.90. The van der Waals surface area contributed by atoms with Crippen LogP contribution in [0.1, 0.15) is 37.3 Å². The van der Waals surface area contributed by atoms with E-state index in [4.69, 9.17) is 0 Å². The molecule has 2 aliphatic rings. The van der Waals surface area contributed by atoms with Crippen LogP contribution in [0.5, 0.6) is 5.75 Å². The molecular formula is C15H24ClNO2. The van der Waals surface area contributed by atoms with Gasteiger partial charge in [0.05, 0.1) is 0 Å². The number of phenols is 1. The zero-order valence-electron chi connectivity index (χ0n) is 11.6. The Kier molecular flexibility index (Phi) is 4.88. The number of benzene rings is 1. The predicted molar refractivity (Wildman–Crippen MR) is 80.3 cm³/mol. The van der Waals surface area contributed by atoms with Crippen LogP contribution in [0, 0.1) is 0 Å². The van der Waals surface area contributed by atoms with E-state index >= 15 is 0 Å². The first-order valence-electron chi connectivity index (χ1n) is 6.64. The fourth-order valence-corrected chi connectivity index (χ4v) is 3.96. The van der Waals surface area contributed by atoms with Gasteiger partial charge in [0.1, 0.15) is 5.75 Å². The van der Waals surface area contributed by atoms with Gasteiger partial charge in [0.15, 0.2) is 0 Å². The minimum atomic E-state index is 0. The summed E-state index contributed by atoms with van der Waals surface area (Å²) in [5.41, 5.74) is 3.07. The number of piperidine rings is 1. The molecule has 108 valence electrons. The summed E-state index contributed by atoms with van der Waals surface area (Å²) in [4.78, 5) is 2.51. The van der Waals surface area contributed by atoms with Crippen LogP contribution in [0.3, 0.4) is 0 Å². The molecule has 0 bridgehead atoms. The van der Waals surface area contributed by atoms with Gasteiger partial charge in [-0.2, -0.15) is 0 Å². The molecule has 3 rings (SSSR count). The summed E-state index contributed by atoms with van der Waals surface area (Å²) in [6.45, 7) is 3.60. The van der Waals surface area contributed by atoms with Crippen molar-refractivity contribution in [2.45, 2.75) is 44.1 Å². The van der Waals surface area contributed by atoms with Gasteiger partial charge in [-0.25, -0.2) is 0 Å². The largest absolute Gasteiger partial charge is 0.508 e. The summed E-state index contributed by atoms with van der Waals surface area (Å²) in [5, 5.41) is 9.75. The number of phenolic OH excluding ortho intramolecular Hbond substituents is 1. The number of hydrogen-bond donors (Lipinski definition) is 1. The molecule has 3 N–H and O–H groups in total. The highest BCUT2D eigenvalue weighted by atomic mass is 35.5. The fraction of sp³-hybridized carbons (Fsp3) is 0.600. The number of rotatable bonds is 0. The average Bonchev–Trinajstić information content (AvgIpc) is 2.29. The summed E-state index contributed by atoms with van der Waals surface area (Å²) in [5.74, 6) is 0.416. The number of halogens is 1. The summed E-state index contributed by atoms with van der Waals surface area (Å²) >= 11 is 0. The van der Waals surface area contributed by atoms with Crippen molar-refractivity contribution in [2.24, 2.45) is 0 Å². The van der Waals surface area contributed by atoms with E-state index in [1.165, 1.54) is 36.9 Å². The maximum absolute atomic E-state index is 9.75. The Labute approximate surface area is 121 Å². The Morgan fingerprint density at radius 1 is 1.37 bits per heavy atom. The summed E-state index contributed by atoms with van der Waals surface area (Å²) in [6.07, 6.45) is 4.92. The van der Waals surface area contributed by atoms with E-state index in [2.05, 4.69) is 24.9 Å². The van der Waals surface area contributed by atoms with Crippen molar-refractivity contribution in [3.63, 3.8) is 0 Å². The SMILES string of the molecule is CN1CCC[C@]2(C)c3cc(O)ccc3CC[C@@H]12.Cl.O. The first-order chi connectivity index (χ1) is 8.11. The van der Waals surface area contributed by atoms with Crippen LogP contribution in [0.4, 0.5) is 0 Å². The van der Waals surface area contributed by atoms with Crippen LogP contribution in [0.15, 0.2) is 18.2 Å². The Morgan fingerprint density at radius 3 is 2.84 bits per heavy atom. The van der Waals surface area contributed by atoms with Crippen LogP contribution in [0.25, 0.3) is 0 Å². The topological polar surface area (TPSA) is 55.0 Å². The van der Waals surface area contributed by atoms with Gasteiger partial charge in [0.25, 0.3) is 0 Å². The molecule has 3 nitrogen and oxygen atoms in total. The van der Waals surface area contributed by atoms with Crippen LogP contribution in [-0.2, 0) is 11.8 Å². The van der Waals surface area contributed by atoms with Crippen molar-refractivity contribution in [3.8, 4) is 5.75 Å². The number of likely N-dealkylation sites (tertiary alicyclic amines) is 1. The minimum absolute atomic E-state index is 0. The maximum atomic E-state index is 9.75. The van der Waals surface area contributed by atoms with E-state index in [1.807, 2.05) is 12.1 Å². The maximum Gasteiger partial charge on any atom is 0.115 e. The zero-order chi connectivity index (χ0) is 12.0. The first kappa shape index (κ1) is 16.3. The zero-order valence-corrected chi connectivity index (χ0v) is 12.5. The lowest BCUT2D eigenvalue weighted by atomic mass is 9.63. The molecule has 1 aromatic carbocycles. The molecule has 0 aromatic heterocycles. The van der Waals surface area contributed by atoms with Gasteiger partial charge < -0.3 is 15.5 Å². The van der Waals surface area contributed by atoms with E-state index in [-0.39, 0.29) is 23.3 Å². The van der Waals surface area contributed by atoms with Crippen molar-refractivity contribution < 1.29 is 10.6 Å². The molecular weight excluding hydrogens is 262 g/mol. The van der Waals surface area contributed by atoms with Crippen molar-refractivity contribution in [1.82, 2.24) is 4.90 Å². The van der Waals surface area contributed by atoms with Gasteiger partial charge in [0, 0.05) is 11.5 Å². The van der Waals surface area contributed by atoms with Gasteiger partial charge in [-0.15, -0.1) is 12.4 Å². The Balaban J connectivity index is 0.000000902. The Bertz CT molecular complexity index is 452. The molecule has 2 atom stereocenters. The number of aromatic hydroxyl groups is 1. The molecule has 0 radical (unpaired) electrons. The van der Waals surface area contributed by atoms with Gasteiger partial charge in [0.2, 0.25) is 0 Å². The van der Waals surface area contributed by atoms with Crippen molar-refractivity contribution in [2.75, 3.05) is 13.6 Å². The number of fused-ring (bicyclic) bond motifs is 3. The van der Waals surface area contributed by atoms with Crippen LogP contribution >= 0.6 is 12.4 Å². The van der Waals surface area contributed by atoms with Gasteiger partial charge >= 0.3 is 0 Å². The van der Waals surface area contributed by atoms with E-state index in [0.29, 0.717) is 11.8 Å². The molecule has 1 saturated heterocycles. The number of hydrogen-bond acceptors (Lipinski definition) is 2. The van der Waals surface area contributed by atoms with Gasteiger partial charge in [-0.3, -0.25) is 0 Å². The predicted octanol–water partition coefficient (Wildman–Crippen LogP) is 2.29. The van der Waals surface area contributed by atoms with E-state index in [1.54, 1.807) is 0 Å². The third kappa shape index (κ3) is 2.47. The summed E-state index contributed by atoms with van der Waals surface area (Å²) < 4.78 is 0. The lowest BCUT2D eigenvalue weighted by Crippen LogP contribution is -2.54. The normalized spacial score (nSPS) is 29.5. The Morgan fingerprint density at radius 2 is 2.11 bits per heavy atom. The molecule has 0 amide bonds. The molecule has 19 heavy (non-hydrogen) atoms. The quantitative estimate of drug-likeness (QED) is 0.795. The second-order valence-corrected chi connectivity index (χ2v) is 5.90. The number of nitrogens with zero attached hydrogens (tertiary/aromatic N) is 1. The molecule has 1 aliphatic carbocycles. The lowest BCUT2D eigenvalue weighted by Gasteiger charge is -2.51. The van der Waals surface area contributed by atoms with Gasteiger partial charge in [-0.1, -0.05) is 13.0 Å². The third-order valence-corrected chi connectivity index (χ3v) is 4.87. The highest BCUT2D eigenvalue weighted by molar-refractivity contribution is 5.85. The van der Waals surface area contributed by atoms with E-state index in [9.17, 15) is 5.11 Å². The van der Waals surface area contributed by atoms with Crippen molar-refractivity contribution >= 4 is 12.4 Å². The molecule has 1 fully saturated rings. The van der Waals surface area contributed by atoms with Crippen LogP contribution in [-0.4, -0.2) is 35.1 Å². The number of aryl methyl sites for hydroxylation is 1. The minimum Gasteiger partial charge on any atom is -0.508 e. The average molecular weight is 286 g/mol. The van der Waals surface area contributed by atoms with E-state index < -0.39 is 0 Å². The smallest absolute Gasteiger partial charge is 0.115 e. The van der Waals surface area contributed by atoms with E-state index in [0.717, 1.165) is 6.42 Å². The molecule has 0 unspecified atom stereocenters. The molecule has 4 heteroatoms. The fourth-order valence-electron chi connectivity index (χ4n) is 3.96. The highest BCUT2D eigenvalue weighted by Crippen LogP contribution is 2.45.